The van der Waals surface area contributed by atoms with Crippen LogP contribution in [0.3, 0.4) is 0 Å². The largest absolute Gasteiger partial charge is 0.358 e. The molecule has 4 unspecified atom stereocenters. The minimum absolute atomic E-state index is 0.0988. The molecular formula is C32H44N2O2. The summed E-state index contributed by atoms with van der Waals surface area (Å²) >= 11 is 0. The summed E-state index contributed by atoms with van der Waals surface area (Å²) in [6.45, 7) is 10.6. The first-order valence-electron chi connectivity index (χ1n) is 14.3. The van der Waals surface area contributed by atoms with Crippen LogP contribution in [0.5, 0.6) is 0 Å². The number of para-hydroxylation sites is 2. The smallest absolute Gasteiger partial charge is 0.189 e. The van der Waals surface area contributed by atoms with E-state index in [1.807, 2.05) is 48.5 Å². The number of Topliss-reactive ketones (excluding diaryl/α,β-unsaturated/α-hetero) is 2. The molecular weight excluding hydrogens is 444 g/mol. The average Bonchev–Trinajstić information content (AvgIpc) is 2.92. The van der Waals surface area contributed by atoms with Gasteiger partial charge in [-0.15, -0.1) is 0 Å². The van der Waals surface area contributed by atoms with Crippen molar-refractivity contribution < 1.29 is 9.59 Å². The Morgan fingerprint density at radius 2 is 1.03 bits per heavy atom. The summed E-state index contributed by atoms with van der Waals surface area (Å²) in [5, 5.41) is 0. The summed E-state index contributed by atoms with van der Waals surface area (Å²) in [7, 11) is 0. The fourth-order valence-corrected chi connectivity index (χ4v) is 6.21. The van der Waals surface area contributed by atoms with Gasteiger partial charge in [-0.05, 0) is 48.9 Å². The number of nitrogens with zero attached hydrogens (tertiary/aromatic N) is 2. The third kappa shape index (κ3) is 5.10. The molecule has 0 fully saturated rings. The first-order valence-corrected chi connectivity index (χ1v) is 14.3. The zero-order valence-corrected chi connectivity index (χ0v) is 22.7. The lowest BCUT2D eigenvalue weighted by Crippen LogP contribution is -2.66. The summed E-state index contributed by atoms with van der Waals surface area (Å²) in [5.41, 5.74) is 3.40. The zero-order valence-electron chi connectivity index (χ0n) is 22.7. The van der Waals surface area contributed by atoms with Crippen LogP contribution in [0.15, 0.2) is 48.5 Å². The van der Waals surface area contributed by atoms with E-state index >= 15 is 0 Å². The minimum atomic E-state index is -0.471. The van der Waals surface area contributed by atoms with E-state index in [4.69, 9.17) is 0 Å². The van der Waals surface area contributed by atoms with Crippen molar-refractivity contribution in [3.8, 4) is 0 Å². The predicted octanol–water partition coefficient (Wildman–Crippen LogP) is 7.56. The molecule has 2 aliphatic heterocycles. The second-order valence-electron chi connectivity index (χ2n) is 10.8. The molecule has 0 aliphatic carbocycles. The van der Waals surface area contributed by atoms with Crippen LogP contribution in [-0.4, -0.2) is 36.7 Å². The highest BCUT2D eigenvalue weighted by atomic mass is 16.1. The number of rotatable bonds is 12. The molecule has 2 heterocycles. The van der Waals surface area contributed by atoms with E-state index in [1.165, 1.54) is 25.7 Å². The first-order chi connectivity index (χ1) is 17.5. The van der Waals surface area contributed by atoms with Crippen LogP contribution < -0.4 is 9.80 Å². The number of unbranched alkanes of at least 4 members (excludes halogenated alkanes) is 2. The van der Waals surface area contributed by atoms with Crippen molar-refractivity contribution in [2.75, 3.05) is 22.9 Å². The molecule has 4 rings (SSSR count). The van der Waals surface area contributed by atoms with Crippen LogP contribution in [0.2, 0.25) is 0 Å². The quantitative estimate of drug-likeness (QED) is 0.309. The van der Waals surface area contributed by atoms with Gasteiger partial charge in [-0.1, -0.05) is 90.5 Å². The van der Waals surface area contributed by atoms with E-state index in [9.17, 15) is 9.59 Å². The van der Waals surface area contributed by atoms with Gasteiger partial charge in [0, 0.05) is 35.6 Å². The zero-order chi connectivity index (χ0) is 25.7. The Morgan fingerprint density at radius 3 is 1.39 bits per heavy atom. The fourth-order valence-electron chi connectivity index (χ4n) is 6.21. The summed E-state index contributed by atoms with van der Waals surface area (Å²) in [4.78, 5) is 32.9. The van der Waals surface area contributed by atoms with E-state index in [2.05, 4.69) is 37.5 Å². The molecule has 0 amide bonds. The second-order valence-corrected chi connectivity index (χ2v) is 10.8. The van der Waals surface area contributed by atoms with Crippen molar-refractivity contribution in [1.29, 1.82) is 0 Å². The van der Waals surface area contributed by atoms with E-state index in [-0.39, 0.29) is 11.6 Å². The molecule has 2 aliphatic rings. The summed E-state index contributed by atoms with van der Waals surface area (Å²) < 4.78 is 0. The molecule has 0 radical (unpaired) electrons. The third-order valence-electron chi connectivity index (χ3n) is 8.46. The highest BCUT2D eigenvalue weighted by Crippen LogP contribution is 2.42. The molecule has 0 aromatic heterocycles. The molecule has 36 heavy (non-hydrogen) atoms. The monoisotopic (exact) mass is 488 g/mol. The number of fused-ring (bicyclic) bond motifs is 3. The second kappa shape index (κ2) is 12.1. The van der Waals surface area contributed by atoms with E-state index < -0.39 is 12.1 Å². The number of benzene rings is 2. The maximum atomic E-state index is 14.2. The Morgan fingerprint density at radius 1 is 0.639 bits per heavy atom. The number of carbonyl (C=O) groups is 2. The molecule has 0 spiro atoms. The average molecular weight is 489 g/mol. The topological polar surface area (TPSA) is 40.6 Å². The Hall–Kier alpha value is -2.62. The van der Waals surface area contributed by atoms with E-state index in [0.29, 0.717) is 11.8 Å². The van der Waals surface area contributed by atoms with Gasteiger partial charge in [0.25, 0.3) is 0 Å². The minimum Gasteiger partial charge on any atom is -0.358 e. The highest BCUT2D eigenvalue weighted by molar-refractivity contribution is 6.19. The molecule has 2 aromatic carbocycles. The van der Waals surface area contributed by atoms with Crippen molar-refractivity contribution in [3.05, 3.63) is 59.7 Å². The van der Waals surface area contributed by atoms with Gasteiger partial charge in [0.05, 0.1) is 0 Å². The number of carbonyl (C=O) groups excluding carboxylic acids is 2. The predicted molar refractivity (Wildman–Crippen MR) is 150 cm³/mol. The summed E-state index contributed by atoms with van der Waals surface area (Å²) in [5.74, 6) is 1.19. The lowest BCUT2D eigenvalue weighted by atomic mass is 9.79. The van der Waals surface area contributed by atoms with Gasteiger partial charge >= 0.3 is 0 Å². The molecule has 4 nitrogen and oxygen atoms in total. The first kappa shape index (κ1) is 26.4. The molecule has 0 bridgehead atoms. The van der Waals surface area contributed by atoms with E-state index in [1.54, 1.807) is 0 Å². The van der Waals surface area contributed by atoms with Crippen molar-refractivity contribution >= 4 is 22.9 Å². The Bertz CT molecular complexity index is 964. The number of anilines is 2. The number of hydrogen-bond acceptors (Lipinski definition) is 4. The van der Waals surface area contributed by atoms with Crippen molar-refractivity contribution in [2.24, 2.45) is 11.8 Å². The van der Waals surface area contributed by atoms with Gasteiger partial charge in [-0.2, -0.15) is 0 Å². The van der Waals surface area contributed by atoms with Crippen LogP contribution in [0.1, 0.15) is 99.8 Å². The molecule has 194 valence electrons. The van der Waals surface area contributed by atoms with Gasteiger partial charge in [-0.3, -0.25) is 9.59 Å². The van der Waals surface area contributed by atoms with Crippen LogP contribution >= 0.6 is 0 Å². The lowest BCUT2D eigenvalue weighted by Gasteiger charge is -2.51. The fraction of sp³-hybridized carbons (Fsp3) is 0.562. The Labute approximate surface area is 218 Å². The summed E-state index contributed by atoms with van der Waals surface area (Å²) in [6.07, 6.45) is 9.20. The number of hydrogen-bond donors (Lipinski definition) is 0. The molecule has 4 atom stereocenters. The molecule has 2 aromatic rings. The third-order valence-corrected chi connectivity index (χ3v) is 8.46. The van der Waals surface area contributed by atoms with Crippen molar-refractivity contribution in [3.63, 3.8) is 0 Å². The Balaban J connectivity index is 1.81. The van der Waals surface area contributed by atoms with Gasteiger partial charge in [0.2, 0.25) is 0 Å². The van der Waals surface area contributed by atoms with Crippen molar-refractivity contribution in [2.45, 2.75) is 91.1 Å². The summed E-state index contributed by atoms with van der Waals surface area (Å²) in [6, 6.07) is 15.0. The maximum absolute atomic E-state index is 14.2. The van der Waals surface area contributed by atoms with Crippen LogP contribution in [0.4, 0.5) is 11.4 Å². The number of ketones is 2. The van der Waals surface area contributed by atoms with Gasteiger partial charge in [-0.25, -0.2) is 0 Å². The Kier molecular flexibility index (Phi) is 8.87. The standard InChI is InChI=1S/C32H44N2O2/c1-5-9-15-23(7-3)21-33-27-19-13-11-17-25(27)32(36)30-29(33)31(35)26-18-12-14-20-28(26)34(30)22-24(8-4)16-10-6-2/h11-14,17-20,23-24,29-30H,5-10,15-16,21-22H2,1-4H3. The van der Waals surface area contributed by atoms with Crippen molar-refractivity contribution in [1.82, 2.24) is 0 Å². The molecule has 0 saturated carbocycles. The van der Waals surface area contributed by atoms with Gasteiger partial charge in [0.1, 0.15) is 12.1 Å². The SMILES string of the molecule is CCCCC(CC)CN1c2ccccc2C(=O)C2C1C(=O)c1ccccc1N2CC(CC)CCCC. The normalized spacial score (nSPS) is 20.6. The maximum Gasteiger partial charge on any atom is 0.189 e. The molecule has 0 saturated heterocycles. The van der Waals surface area contributed by atoms with Crippen LogP contribution in [0.25, 0.3) is 0 Å². The van der Waals surface area contributed by atoms with Gasteiger partial charge in [0.15, 0.2) is 11.6 Å². The van der Waals surface area contributed by atoms with E-state index in [0.717, 1.165) is 61.3 Å². The molecule has 0 N–H and O–H groups in total. The van der Waals surface area contributed by atoms with Crippen LogP contribution in [-0.2, 0) is 0 Å². The van der Waals surface area contributed by atoms with Gasteiger partial charge < -0.3 is 9.80 Å². The van der Waals surface area contributed by atoms with Crippen LogP contribution in [0, 0.1) is 11.8 Å². The highest BCUT2D eigenvalue weighted by Gasteiger charge is 2.51. The lowest BCUT2D eigenvalue weighted by molar-refractivity contribution is 0.0836. The molecule has 4 heteroatoms.